The summed E-state index contributed by atoms with van der Waals surface area (Å²) in [5.74, 6) is -0.165. The molecule has 0 aliphatic rings. The van der Waals surface area contributed by atoms with Gasteiger partial charge in [-0.15, -0.1) is 11.3 Å². The molecule has 168 valence electrons. The fraction of sp³-hybridized carbons (Fsp3) is 0.200. The molecule has 0 bridgehead atoms. The highest BCUT2D eigenvalue weighted by molar-refractivity contribution is 7.20. The van der Waals surface area contributed by atoms with Crippen LogP contribution in [0.2, 0.25) is 0 Å². The lowest BCUT2D eigenvalue weighted by Gasteiger charge is -2.06. The number of aryl methyl sites for hydroxylation is 1. The van der Waals surface area contributed by atoms with Crippen LogP contribution < -0.4 is 10.3 Å². The van der Waals surface area contributed by atoms with Crippen molar-refractivity contribution in [2.75, 3.05) is 13.7 Å². The second-order valence-corrected chi connectivity index (χ2v) is 8.44. The number of ketones is 1. The number of esters is 1. The molecular formula is C25H22N2O5S. The molecule has 2 aromatic heterocycles. The summed E-state index contributed by atoms with van der Waals surface area (Å²) in [4.78, 5) is 43.5. The maximum absolute atomic E-state index is 13.1. The zero-order valence-electron chi connectivity index (χ0n) is 18.2. The molecule has 0 saturated carbocycles. The zero-order valence-corrected chi connectivity index (χ0v) is 19.1. The van der Waals surface area contributed by atoms with Crippen LogP contribution in [-0.4, -0.2) is 35.0 Å². The quantitative estimate of drug-likeness (QED) is 0.290. The van der Waals surface area contributed by atoms with Crippen molar-refractivity contribution in [3.8, 4) is 5.75 Å². The average Bonchev–Trinajstić information content (AvgIpc) is 3.18. The monoisotopic (exact) mass is 462 g/mol. The number of Topliss-reactive ketones (excluding diaryl/α,β-unsaturated/α-hetero) is 1. The Morgan fingerprint density at radius 1 is 1.09 bits per heavy atom. The fourth-order valence-corrected chi connectivity index (χ4v) is 4.51. The smallest absolute Gasteiger partial charge is 0.348 e. The summed E-state index contributed by atoms with van der Waals surface area (Å²) >= 11 is 1.12. The van der Waals surface area contributed by atoms with Crippen molar-refractivity contribution in [1.29, 1.82) is 0 Å². The molecule has 0 radical (unpaired) electrons. The van der Waals surface area contributed by atoms with Crippen molar-refractivity contribution in [3.05, 3.63) is 92.8 Å². The number of hydrogen-bond donors (Lipinski definition) is 0. The van der Waals surface area contributed by atoms with Crippen LogP contribution in [0.25, 0.3) is 10.2 Å². The van der Waals surface area contributed by atoms with Crippen LogP contribution >= 0.6 is 11.3 Å². The third kappa shape index (κ3) is 4.85. The molecule has 0 fully saturated rings. The van der Waals surface area contributed by atoms with Crippen LogP contribution in [0.1, 0.15) is 31.2 Å². The minimum absolute atomic E-state index is 0.166. The molecule has 0 amide bonds. The van der Waals surface area contributed by atoms with E-state index in [1.165, 1.54) is 18.0 Å². The van der Waals surface area contributed by atoms with E-state index in [0.717, 1.165) is 16.9 Å². The predicted octanol–water partition coefficient (Wildman–Crippen LogP) is 4.06. The summed E-state index contributed by atoms with van der Waals surface area (Å²) in [6.45, 7) is 1.77. The van der Waals surface area contributed by atoms with Gasteiger partial charge in [0.1, 0.15) is 15.5 Å². The molecule has 7 nitrogen and oxygen atoms in total. The number of ether oxygens (including phenoxy) is 2. The first kappa shape index (κ1) is 22.4. The van der Waals surface area contributed by atoms with Crippen molar-refractivity contribution in [3.63, 3.8) is 0 Å². The van der Waals surface area contributed by atoms with Crippen LogP contribution in [0, 0.1) is 6.92 Å². The van der Waals surface area contributed by atoms with Crippen molar-refractivity contribution in [1.82, 2.24) is 9.55 Å². The molecular weight excluding hydrogens is 440 g/mol. The molecule has 8 heteroatoms. The van der Waals surface area contributed by atoms with Gasteiger partial charge in [0.25, 0.3) is 5.56 Å². The highest BCUT2D eigenvalue weighted by Gasteiger charge is 2.21. The molecule has 0 saturated heterocycles. The summed E-state index contributed by atoms with van der Waals surface area (Å²) in [5, 5.41) is 0.330. The number of nitrogens with zero attached hydrogens (tertiary/aromatic N) is 2. The minimum atomic E-state index is -0.482. The molecule has 0 aliphatic carbocycles. The number of carbonyl (C=O) groups is 2. The maximum atomic E-state index is 13.1. The van der Waals surface area contributed by atoms with Crippen LogP contribution in [0.15, 0.2) is 65.7 Å². The molecule has 2 aromatic carbocycles. The van der Waals surface area contributed by atoms with Gasteiger partial charge in [0.05, 0.1) is 32.0 Å². The van der Waals surface area contributed by atoms with Gasteiger partial charge in [0, 0.05) is 12.0 Å². The van der Waals surface area contributed by atoms with E-state index in [2.05, 4.69) is 4.98 Å². The van der Waals surface area contributed by atoms with E-state index in [-0.39, 0.29) is 24.5 Å². The molecule has 4 aromatic rings. The Balaban J connectivity index is 1.53. The normalized spacial score (nSPS) is 10.8. The van der Waals surface area contributed by atoms with Gasteiger partial charge in [0.15, 0.2) is 5.78 Å². The summed E-state index contributed by atoms with van der Waals surface area (Å²) in [5.41, 5.74) is 1.66. The third-order valence-corrected chi connectivity index (χ3v) is 6.45. The third-order valence-electron chi connectivity index (χ3n) is 5.28. The van der Waals surface area contributed by atoms with Gasteiger partial charge in [-0.05, 0) is 30.2 Å². The summed E-state index contributed by atoms with van der Waals surface area (Å²) in [6.07, 6.45) is 1.94. The minimum Gasteiger partial charge on any atom is -0.497 e. The van der Waals surface area contributed by atoms with Gasteiger partial charge >= 0.3 is 5.97 Å². The van der Waals surface area contributed by atoms with E-state index in [0.29, 0.717) is 38.4 Å². The Bertz CT molecular complexity index is 1370. The Hall–Kier alpha value is -3.78. The van der Waals surface area contributed by atoms with Gasteiger partial charge in [0.2, 0.25) is 0 Å². The summed E-state index contributed by atoms with van der Waals surface area (Å²) < 4.78 is 11.8. The number of hydrogen-bond acceptors (Lipinski definition) is 7. The van der Waals surface area contributed by atoms with E-state index < -0.39 is 5.97 Å². The number of carbonyl (C=O) groups excluding carboxylic acids is 2. The molecule has 0 spiro atoms. The van der Waals surface area contributed by atoms with Gasteiger partial charge < -0.3 is 9.47 Å². The Kier molecular flexibility index (Phi) is 6.65. The second-order valence-electron chi connectivity index (χ2n) is 7.44. The lowest BCUT2D eigenvalue weighted by molar-refractivity contribution is 0.0514. The van der Waals surface area contributed by atoms with E-state index >= 15 is 0 Å². The van der Waals surface area contributed by atoms with Gasteiger partial charge in [-0.1, -0.05) is 42.5 Å². The average molecular weight is 463 g/mol. The van der Waals surface area contributed by atoms with Crippen LogP contribution in [0.5, 0.6) is 5.75 Å². The number of methoxy groups -OCH3 is 1. The van der Waals surface area contributed by atoms with Crippen molar-refractivity contribution in [2.45, 2.75) is 19.9 Å². The summed E-state index contributed by atoms with van der Waals surface area (Å²) in [6, 6.07) is 16.5. The number of thiophene rings is 1. The van der Waals surface area contributed by atoms with Gasteiger partial charge in [-0.25, -0.2) is 9.78 Å². The van der Waals surface area contributed by atoms with Crippen LogP contribution in [0.3, 0.4) is 0 Å². The SMILES string of the molecule is COc1cccc(C(=O)Cn2cnc3sc(C(=O)OCCc4ccccc4)c(C)c3c2=O)c1. The Morgan fingerprint density at radius 2 is 1.88 bits per heavy atom. The fourth-order valence-electron chi connectivity index (χ4n) is 3.48. The Morgan fingerprint density at radius 3 is 2.64 bits per heavy atom. The number of aromatic nitrogens is 2. The highest BCUT2D eigenvalue weighted by atomic mass is 32.1. The molecule has 2 heterocycles. The first-order valence-electron chi connectivity index (χ1n) is 10.3. The van der Waals surface area contributed by atoms with E-state index in [9.17, 15) is 14.4 Å². The molecule has 0 atom stereocenters. The number of rotatable bonds is 8. The molecule has 0 N–H and O–H groups in total. The van der Waals surface area contributed by atoms with E-state index in [4.69, 9.17) is 9.47 Å². The first-order chi connectivity index (χ1) is 16.0. The topological polar surface area (TPSA) is 87.5 Å². The zero-order chi connectivity index (χ0) is 23.4. The van der Waals surface area contributed by atoms with Crippen molar-refractivity contribution >= 4 is 33.3 Å². The molecule has 4 rings (SSSR count). The van der Waals surface area contributed by atoms with Crippen LogP contribution in [0.4, 0.5) is 0 Å². The van der Waals surface area contributed by atoms with Gasteiger partial charge in [-0.3, -0.25) is 14.2 Å². The maximum Gasteiger partial charge on any atom is 0.348 e. The Labute approximate surface area is 194 Å². The lowest BCUT2D eigenvalue weighted by Crippen LogP contribution is -2.24. The highest BCUT2D eigenvalue weighted by Crippen LogP contribution is 2.27. The standard InChI is InChI=1S/C25H22N2O5S/c1-16-21-23(33-22(16)25(30)32-12-11-17-7-4-3-5-8-17)26-15-27(24(21)29)14-20(28)18-9-6-10-19(13-18)31-2/h3-10,13,15H,11-12,14H2,1-2H3. The lowest BCUT2D eigenvalue weighted by atomic mass is 10.1. The summed E-state index contributed by atoms with van der Waals surface area (Å²) in [7, 11) is 1.52. The van der Waals surface area contributed by atoms with E-state index in [1.54, 1.807) is 31.2 Å². The van der Waals surface area contributed by atoms with Crippen molar-refractivity contribution in [2.24, 2.45) is 0 Å². The molecule has 0 aliphatic heterocycles. The first-order valence-corrected chi connectivity index (χ1v) is 11.2. The number of benzene rings is 2. The number of fused-ring (bicyclic) bond motifs is 1. The second kappa shape index (κ2) is 9.79. The van der Waals surface area contributed by atoms with Crippen molar-refractivity contribution < 1.29 is 19.1 Å². The largest absolute Gasteiger partial charge is 0.497 e. The van der Waals surface area contributed by atoms with Gasteiger partial charge in [-0.2, -0.15) is 0 Å². The van der Waals surface area contributed by atoms with Crippen LogP contribution in [-0.2, 0) is 17.7 Å². The predicted molar refractivity (Wildman–Crippen MR) is 126 cm³/mol. The van der Waals surface area contributed by atoms with E-state index in [1.807, 2.05) is 30.3 Å². The molecule has 33 heavy (non-hydrogen) atoms. The molecule has 0 unspecified atom stereocenters.